The molecule has 0 saturated carbocycles. The van der Waals surface area contributed by atoms with Gasteiger partial charge in [-0.3, -0.25) is 19.2 Å². The van der Waals surface area contributed by atoms with Crippen LogP contribution in [0.15, 0.2) is 77.3 Å². The predicted molar refractivity (Wildman–Crippen MR) is 188 cm³/mol. The number of anilines is 1. The molecule has 5 bridgehead atoms. The molecule has 8 atom stereocenters. The summed E-state index contributed by atoms with van der Waals surface area (Å²) in [5.74, 6) is -4.14. The summed E-state index contributed by atoms with van der Waals surface area (Å²) < 4.78 is 13.5. The molecule has 0 aliphatic carbocycles. The van der Waals surface area contributed by atoms with Crippen LogP contribution in [0.2, 0.25) is 5.02 Å². The number of carbonyl (C=O) groups excluding carboxylic acids is 4. The van der Waals surface area contributed by atoms with Crippen LogP contribution in [0.1, 0.15) is 45.3 Å². The summed E-state index contributed by atoms with van der Waals surface area (Å²) in [6.45, 7) is 5.31. The van der Waals surface area contributed by atoms with Crippen molar-refractivity contribution < 1.29 is 33.8 Å². The number of aliphatic hydroxyl groups excluding tert-OH is 1. The molecular formula is C37H41BrClN3O7. The first-order chi connectivity index (χ1) is 23.4. The number of halogens is 2. The van der Waals surface area contributed by atoms with Gasteiger partial charge >= 0.3 is 5.97 Å². The number of esters is 1. The first-order valence-corrected chi connectivity index (χ1v) is 17.8. The first-order valence-electron chi connectivity index (χ1n) is 16.6. The van der Waals surface area contributed by atoms with Crippen molar-refractivity contribution in [3.63, 3.8) is 0 Å². The molecule has 260 valence electrons. The molecule has 2 saturated heterocycles. The van der Waals surface area contributed by atoms with Gasteiger partial charge < -0.3 is 29.3 Å². The van der Waals surface area contributed by atoms with E-state index in [9.17, 15) is 19.5 Å². The summed E-state index contributed by atoms with van der Waals surface area (Å²) in [4.78, 5) is 62.2. The zero-order valence-corrected chi connectivity index (χ0v) is 30.2. The fraction of sp³-hybridized carbons (Fsp3) is 0.459. The highest BCUT2D eigenvalue weighted by molar-refractivity contribution is 9.11. The van der Waals surface area contributed by atoms with Crippen LogP contribution in [0, 0.1) is 17.8 Å². The fourth-order valence-corrected chi connectivity index (χ4v) is 8.54. The van der Waals surface area contributed by atoms with Gasteiger partial charge in [0.15, 0.2) is 0 Å². The zero-order chi connectivity index (χ0) is 35.2. The van der Waals surface area contributed by atoms with Crippen molar-refractivity contribution >= 4 is 56.9 Å². The second-order valence-corrected chi connectivity index (χ2v) is 14.9. The number of hydrogen-bond acceptors (Lipinski definition) is 7. The van der Waals surface area contributed by atoms with Gasteiger partial charge in [-0.05, 0) is 55.2 Å². The second kappa shape index (κ2) is 14.0. The van der Waals surface area contributed by atoms with Crippen molar-refractivity contribution in [2.75, 3.05) is 25.1 Å². The summed E-state index contributed by atoms with van der Waals surface area (Å²) in [5, 5.41) is 11.1. The molecule has 2 aromatic rings. The Morgan fingerprint density at radius 1 is 1.00 bits per heavy atom. The Balaban J connectivity index is 1.51. The third-order valence-corrected chi connectivity index (χ3v) is 11.3. The van der Waals surface area contributed by atoms with E-state index >= 15 is 4.79 Å². The topological polar surface area (TPSA) is 117 Å². The lowest BCUT2D eigenvalue weighted by Gasteiger charge is -2.40. The number of aliphatic hydroxyl groups is 1. The fourth-order valence-electron chi connectivity index (χ4n) is 7.68. The van der Waals surface area contributed by atoms with Crippen LogP contribution in [-0.2, 0) is 28.7 Å². The van der Waals surface area contributed by atoms with Gasteiger partial charge in [0.05, 0.1) is 24.6 Å². The molecule has 4 aliphatic rings. The highest BCUT2D eigenvalue weighted by atomic mass is 79.9. The van der Waals surface area contributed by atoms with Crippen molar-refractivity contribution in [3.05, 3.63) is 87.9 Å². The molecule has 0 aromatic heterocycles. The number of likely N-dealkylation sites (N-methyl/N-ethyl adjacent to an activating group) is 1. The zero-order valence-electron chi connectivity index (χ0n) is 27.9. The van der Waals surface area contributed by atoms with Gasteiger partial charge in [-0.25, -0.2) is 0 Å². The SMILES string of the molecule is CC(C)[C@H](CO)N1C(=O)[C@H]2[C@@H]3C(=O)O[C@H](c4ccccc4)[C@@H](C)N(C)C(=O)CC/C=C\CN(c4ccc(Cl)cc4)C(=O)[C@H]1[C@@]21C=C(Br)[C@@H]3O1. The lowest BCUT2D eigenvalue weighted by atomic mass is 9.74. The van der Waals surface area contributed by atoms with E-state index in [2.05, 4.69) is 15.9 Å². The molecule has 0 unspecified atom stereocenters. The van der Waals surface area contributed by atoms with Crippen LogP contribution in [0.25, 0.3) is 0 Å². The molecule has 49 heavy (non-hydrogen) atoms. The lowest BCUT2D eigenvalue weighted by Crippen LogP contribution is -2.59. The average molecular weight is 755 g/mol. The van der Waals surface area contributed by atoms with Gasteiger partial charge in [0.2, 0.25) is 11.8 Å². The maximum atomic E-state index is 15.1. The van der Waals surface area contributed by atoms with Gasteiger partial charge in [0.25, 0.3) is 5.91 Å². The molecule has 1 spiro atoms. The summed E-state index contributed by atoms with van der Waals surface area (Å²) in [5.41, 5.74) is -0.288. The van der Waals surface area contributed by atoms with Crippen LogP contribution >= 0.6 is 27.5 Å². The largest absolute Gasteiger partial charge is 0.455 e. The molecule has 0 radical (unpaired) electrons. The predicted octanol–water partition coefficient (Wildman–Crippen LogP) is 5.04. The van der Waals surface area contributed by atoms with Crippen molar-refractivity contribution in [2.24, 2.45) is 17.8 Å². The normalized spacial score (nSPS) is 32.0. The minimum Gasteiger partial charge on any atom is -0.455 e. The Kier molecular flexibility index (Phi) is 10.1. The molecule has 2 fully saturated rings. The number of hydrogen-bond donors (Lipinski definition) is 1. The molecule has 1 N–H and O–H groups in total. The van der Waals surface area contributed by atoms with Crippen LogP contribution in [-0.4, -0.2) is 88.6 Å². The van der Waals surface area contributed by atoms with Gasteiger partial charge in [-0.1, -0.05) is 83.9 Å². The number of ether oxygens (including phenoxy) is 2. The highest BCUT2D eigenvalue weighted by Crippen LogP contribution is 2.59. The molecule has 4 heterocycles. The van der Waals surface area contributed by atoms with E-state index in [4.69, 9.17) is 21.1 Å². The summed E-state index contributed by atoms with van der Waals surface area (Å²) in [7, 11) is 1.69. The van der Waals surface area contributed by atoms with E-state index < -0.39 is 72.2 Å². The number of rotatable bonds is 5. The summed E-state index contributed by atoms with van der Waals surface area (Å²) in [6.07, 6.45) is 4.32. The lowest BCUT2D eigenvalue weighted by molar-refractivity contribution is -0.164. The van der Waals surface area contributed by atoms with Gasteiger partial charge in [-0.2, -0.15) is 0 Å². The minimum atomic E-state index is -1.52. The summed E-state index contributed by atoms with van der Waals surface area (Å²) >= 11 is 9.82. The Morgan fingerprint density at radius 3 is 2.35 bits per heavy atom. The molecule has 10 nitrogen and oxygen atoms in total. The van der Waals surface area contributed by atoms with Gasteiger partial charge in [0, 0.05) is 35.2 Å². The number of likely N-dealkylation sites (tertiary alicyclic amines) is 1. The van der Waals surface area contributed by atoms with Crippen LogP contribution < -0.4 is 4.90 Å². The Morgan fingerprint density at radius 2 is 1.69 bits per heavy atom. The maximum Gasteiger partial charge on any atom is 0.313 e. The van der Waals surface area contributed by atoms with E-state index in [1.807, 2.05) is 63.3 Å². The third kappa shape index (κ3) is 6.13. The van der Waals surface area contributed by atoms with Gasteiger partial charge in [-0.15, -0.1) is 0 Å². The minimum absolute atomic E-state index is 0.126. The van der Waals surface area contributed by atoms with Crippen molar-refractivity contribution in [1.29, 1.82) is 0 Å². The smallest absolute Gasteiger partial charge is 0.313 e. The van der Waals surface area contributed by atoms with Crippen molar-refractivity contribution in [1.82, 2.24) is 9.80 Å². The van der Waals surface area contributed by atoms with E-state index in [0.29, 0.717) is 27.2 Å². The van der Waals surface area contributed by atoms with Crippen LogP contribution in [0.4, 0.5) is 5.69 Å². The second-order valence-electron chi connectivity index (χ2n) is 13.5. The quantitative estimate of drug-likeness (QED) is 0.336. The number of cyclic esters (lactones) is 1. The molecule has 6 rings (SSSR count). The monoisotopic (exact) mass is 753 g/mol. The molecule has 3 amide bonds. The summed E-state index contributed by atoms with van der Waals surface area (Å²) in [6, 6.07) is 13.5. The van der Waals surface area contributed by atoms with E-state index in [0.717, 1.165) is 0 Å². The molecule has 2 aromatic carbocycles. The Labute approximate surface area is 299 Å². The molecule has 12 heteroatoms. The van der Waals surface area contributed by atoms with E-state index in [1.165, 1.54) is 4.90 Å². The number of carbonyl (C=O) groups is 4. The standard InChI is InChI=1S/C37H41BrClN3O7/c1-21(2)27(20-43)42-33-35(46)41(25-16-14-24(39)15-17-25)18-10-6-9-13-28(44)40(4)22(3)31(23-11-7-5-8-12-23)48-36(47)29-30(34(42)45)37(33)19-26(38)32(29)49-37/h5-8,10-12,14-17,19,21-22,27,29-33,43H,9,13,18,20H2,1-4H3/b10-6-/t22-,27+,29+,30-,31+,32+,33+,37-/m1/s1. The Hall–Kier alpha value is -3.51. The van der Waals surface area contributed by atoms with Crippen molar-refractivity contribution in [3.8, 4) is 0 Å². The van der Waals surface area contributed by atoms with Gasteiger partial charge in [0.1, 0.15) is 29.8 Å². The maximum absolute atomic E-state index is 15.1. The van der Waals surface area contributed by atoms with Crippen molar-refractivity contribution in [2.45, 2.75) is 69.5 Å². The number of fused-ring (bicyclic) bond motifs is 2. The number of nitrogens with zero attached hydrogens (tertiary/aromatic N) is 3. The average Bonchev–Trinajstić information content (AvgIpc) is 3.68. The third-order valence-electron chi connectivity index (χ3n) is 10.4. The van der Waals surface area contributed by atoms with E-state index in [-0.39, 0.29) is 24.8 Å². The highest BCUT2D eigenvalue weighted by Gasteiger charge is 2.75. The first kappa shape index (κ1) is 35.3. The number of amides is 3. The molecule has 4 aliphatic heterocycles. The molecular weight excluding hydrogens is 714 g/mol. The van der Waals surface area contributed by atoms with E-state index in [1.54, 1.807) is 47.2 Å². The number of benzene rings is 2. The Bertz CT molecular complexity index is 1670. The van der Waals surface area contributed by atoms with Crippen LogP contribution in [0.5, 0.6) is 0 Å². The number of allylic oxidation sites excluding steroid dienone is 1. The van der Waals surface area contributed by atoms with Crippen LogP contribution in [0.3, 0.4) is 0 Å².